The van der Waals surface area contributed by atoms with Crippen molar-refractivity contribution in [3.05, 3.63) is 89.5 Å². The molecule has 0 amide bonds. The number of para-hydroxylation sites is 1. The van der Waals surface area contributed by atoms with E-state index in [1.165, 1.54) is 22.4 Å². The molecule has 0 aliphatic rings. The van der Waals surface area contributed by atoms with E-state index in [0.717, 1.165) is 43.5 Å². The number of aryl methyl sites for hydroxylation is 3. The van der Waals surface area contributed by atoms with Crippen LogP contribution >= 0.6 is 0 Å². The molecule has 0 N–H and O–H groups in total. The predicted molar refractivity (Wildman–Crippen MR) is 139 cm³/mol. The van der Waals surface area contributed by atoms with Gasteiger partial charge in [0.1, 0.15) is 0 Å². The van der Waals surface area contributed by atoms with Crippen LogP contribution in [0.15, 0.2) is 72.8 Å². The van der Waals surface area contributed by atoms with Crippen LogP contribution in [0.3, 0.4) is 0 Å². The molecule has 174 valence electrons. The van der Waals surface area contributed by atoms with Gasteiger partial charge >= 0.3 is 5.97 Å². The number of carbonyl (C=O) groups is 1. The van der Waals surface area contributed by atoms with Crippen molar-refractivity contribution in [3.8, 4) is 0 Å². The highest BCUT2D eigenvalue weighted by Crippen LogP contribution is 2.37. The highest BCUT2D eigenvalue weighted by molar-refractivity contribution is 5.78. The Bertz CT molecular complexity index is 963. The number of esters is 1. The topological polar surface area (TPSA) is 29.5 Å². The van der Waals surface area contributed by atoms with Crippen molar-refractivity contribution in [3.63, 3.8) is 0 Å². The molecule has 0 saturated heterocycles. The third-order valence-electron chi connectivity index (χ3n) is 6.17. The molecule has 3 rings (SSSR count). The van der Waals surface area contributed by atoms with E-state index in [-0.39, 0.29) is 11.9 Å². The Balaban J connectivity index is 1.72. The Kier molecular flexibility index (Phi) is 9.12. The first kappa shape index (κ1) is 24.6. The van der Waals surface area contributed by atoms with Crippen LogP contribution in [0.5, 0.6) is 0 Å². The van der Waals surface area contributed by atoms with Gasteiger partial charge in [-0.15, -0.1) is 0 Å². The fraction of sp³-hybridized carbons (Fsp3) is 0.367. The second-order valence-corrected chi connectivity index (χ2v) is 8.92. The molecule has 3 aromatic rings. The monoisotopic (exact) mass is 443 g/mol. The normalized spacial score (nSPS) is 11.8. The van der Waals surface area contributed by atoms with Crippen molar-refractivity contribution in [1.82, 2.24) is 0 Å². The molecule has 0 radical (unpaired) electrons. The van der Waals surface area contributed by atoms with Gasteiger partial charge in [0.15, 0.2) is 0 Å². The van der Waals surface area contributed by atoms with Crippen LogP contribution in [0, 0.1) is 19.8 Å². The zero-order valence-corrected chi connectivity index (χ0v) is 20.5. The highest BCUT2D eigenvalue weighted by atomic mass is 16.5. The molecule has 0 heterocycles. The summed E-state index contributed by atoms with van der Waals surface area (Å²) in [6, 6.07) is 26.1. The predicted octanol–water partition coefficient (Wildman–Crippen LogP) is 8.08. The molecular formula is C30H37NO2. The number of anilines is 3. The first-order valence-electron chi connectivity index (χ1n) is 12.2. The lowest BCUT2D eigenvalue weighted by atomic mass is 10.0. The summed E-state index contributed by atoms with van der Waals surface area (Å²) in [4.78, 5) is 14.2. The van der Waals surface area contributed by atoms with Crippen molar-refractivity contribution in [2.45, 2.75) is 59.8 Å². The second-order valence-electron chi connectivity index (χ2n) is 8.92. The van der Waals surface area contributed by atoms with Gasteiger partial charge in [-0.25, -0.2) is 0 Å². The summed E-state index contributed by atoms with van der Waals surface area (Å²) in [7, 11) is 0. The first-order chi connectivity index (χ1) is 16.0. The number of hydrogen-bond donors (Lipinski definition) is 0. The Morgan fingerprint density at radius 1 is 0.818 bits per heavy atom. The van der Waals surface area contributed by atoms with E-state index >= 15 is 0 Å². The van der Waals surface area contributed by atoms with Crippen molar-refractivity contribution in [2.75, 3.05) is 11.5 Å². The van der Waals surface area contributed by atoms with Crippen LogP contribution in [0.4, 0.5) is 17.1 Å². The van der Waals surface area contributed by atoms with Gasteiger partial charge in [0.25, 0.3) is 0 Å². The molecule has 3 aromatic carbocycles. The molecule has 0 bridgehead atoms. The number of benzene rings is 3. The molecule has 1 atom stereocenters. The maximum atomic E-state index is 11.8. The van der Waals surface area contributed by atoms with Crippen molar-refractivity contribution >= 4 is 23.0 Å². The summed E-state index contributed by atoms with van der Waals surface area (Å²) in [6.45, 7) is 8.69. The molecule has 0 aromatic heterocycles. The molecule has 3 heteroatoms. The van der Waals surface area contributed by atoms with Crippen molar-refractivity contribution in [2.24, 2.45) is 5.92 Å². The molecule has 0 aliphatic carbocycles. The Morgan fingerprint density at radius 2 is 1.39 bits per heavy atom. The van der Waals surface area contributed by atoms with Gasteiger partial charge in [-0.05, 0) is 81.8 Å². The first-order valence-corrected chi connectivity index (χ1v) is 12.2. The third-order valence-corrected chi connectivity index (χ3v) is 6.17. The summed E-state index contributed by atoms with van der Waals surface area (Å²) in [5.41, 5.74) is 7.38. The van der Waals surface area contributed by atoms with E-state index in [1.54, 1.807) is 0 Å². The molecule has 3 nitrogen and oxygen atoms in total. The number of carbonyl (C=O) groups excluding carboxylic acids is 1. The average Bonchev–Trinajstić information content (AvgIpc) is 2.84. The zero-order valence-electron chi connectivity index (χ0n) is 20.5. The van der Waals surface area contributed by atoms with Gasteiger partial charge in [-0.2, -0.15) is 0 Å². The molecule has 0 aliphatic heterocycles. The SMILES string of the molecule is CCC(C)C(=O)OCCCCCc1ccccc1N(c1ccc(C)cc1)c1ccc(C)cc1. The Labute approximate surface area is 199 Å². The van der Waals surface area contributed by atoms with E-state index in [2.05, 4.69) is 91.5 Å². The fourth-order valence-corrected chi connectivity index (χ4v) is 3.83. The lowest BCUT2D eigenvalue weighted by Gasteiger charge is -2.28. The van der Waals surface area contributed by atoms with Gasteiger partial charge in [-0.1, -0.05) is 67.4 Å². The number of rotatable bonds is 11. The van der Waals surface area contributed by atoms with Gasteiger partial charge in [0, 0.05) is 17.1 Å². The molecule has 1 unspecified atom stereocenters. The summed E-state index contributed by atoms with van der Waals surface area (Å²) in [5.74, 6) is -0.0823. The van der Waals surface area contributed by atoms with Gasteiger partial charge < -0.3 is 9.64 Å². The van der Waals surface area contributed by atoms with E-state index < -0.39 is 0 Å². The minimum Gasteiger partial charge on any atom is -0.465 e. The molecular weight excluding hydrogens is 406 g/mol. The van der Waals surface area contributed by atoms with Gasteiger partial charge in [0.05, 0.1) is 12.5 Å². The summed E-state index contributed by atoms with van der Waals surface area (Å²) in [6.07, 6.45) is 4.83. The zero-order chi connectivity index (χ0) is 23.6. The van der Waals surface area contributed by atoms with Crippen LogP contribution in [0.25, 0.3) is 0 Å². The lowest BCUT2D eigenvalue weighted by molar-refractivity contribution is -0.148. The quantitative estimate of drug-likeness (QED) is 0.222. The molecule has 0 saturated carbocycles. The van der Waals surface area contributed by atoms with E-state index in [4.69, 9.17) is 4.74 Å². The van der Waals surface area contributed by atoms with Crippen LogP contribution < -0.4 is 4.90 Å². The van der Waals surface area contributed by atoms with Gasteiger partial charge in [-0.3, -0.25) is 4.79 Å². The van der Waals surface area contributed by atoms with Crippen LogP contribution in [-0.4, -0.2) is 12.6 Å². The van der Waals surface area contributed by atoms with E-state index in [1.807, 2.05) is 13.8 Å². The standard InChI is InChI=1S/C30H37NO2/c1-5-25(4)30(32)33-22-10-6-7-11-26-12-8-9-13-29(26)31(27-18-14-23(2)15-19-27)28-20-16-24(3)17-21-28/h8-9,12-21,25H,5-7,10-11,22H2,1-4H3. The molecule has 33 heavy (non-hydrogen) atoms. The second kappa shape index (κ2) is 12.2. The van der Waals surface area contributed by atoms with Crippen molar-refractivity contribution in [1.29, 1.82) is 0 Å². The number of unbranched alkanes of at least 4 members (excludes halogenated alkanes) is 2. The minimum absolute atomic E-state index is 0.00796. The maximum absolute atomic E-state index is 11.8. The third kappa shape index (κ3) is 6.95. The van der Waals surface area contributed by atoms with Crippen LogP contribution in [-0.2, 0) is 16.0 Å². The largest absolute Gasteiger partial charge is 0.465 e. The van der Waals surface area contributed by atoms with Crippen LogP contribution in [0.1, 0.15) is 56.2 Å². The smallest absolute Gasteiger partial charge is 0.308 e. The number of hydrogen-bond acceptors (Lipinski definition) is 3. The van der Waals surface area contributed by atoms with Crippen molar-refractivity contribution < 1.29 is 9.53 Å². The minimum atomic E-state index is -0.0744. The Morgan fingerprint density at radius 3 is 1.97 bits per heavy atom. The lowest BCUT2D eigenvalue weighted by Crippen LogP contribution is -2.14. The number of nitrogens with zero attached hydrogens (tertiary/aromatic N) is 1. The fourth-order valence-electron chi connectivity index (χ4n) is 3.83. The maximum Gasteiger partial charge on any atom is 0.308 e. The van der Waals surface area contributed by atoms with E-state index in [9.17, 15) is 4.79 Å². The summed E-state index contributed by atoms with van der Waals surface area (Å²) < 4.78 is 5.40. The number of ether oxygens (including phenoxy) is 1. The summed E-state index contributed by atoms with van der Waals surface area (Å²) >= 11 is 0. The highest BCUT2D eigenvalue weighted by Gasteiger charge is 2.16. The van der Waals surface area contributed by atoms with Crippen LogP contribution in [0.2, 0.25) is 0 Å². The molecule has 0 spiro atoms. The summed E-state index contributed by atoms with van der Waals surface area (Å²) in [5, 5.41) is 0. The molecule has 0 fully saturated rings. The Hall–Kier alpha value is -3.07. The van der Waals surface area contributed by atoms with E-state index in [0.29, 0.717) is 6.61 Å². The average molecular weight is 444 g/mol. The van der Waals surface area contributed by atoms with Gasteiger partial charge in [0.2, 0.25) is 0 Å².